The lowest BCUT2D eigenvalue weighted by atomic mass is 10.1. The predicted molar refractivity (Wildman–Crippen MR) is 107 cm³/mol. The van der Waals surface area contributed by atoms with Crippen LogP contribution in [0, 0.1) is 0 Å². The first kappa shape index (κ1) is 18.8. The molecule has 0 saturated carbocycles. The number of anilines is 1. The van der Waals surface area contributed by atoms with Gasteiger partial charge in [-0.3, -0.25) is 9.59 Å². The number of ether oxygens (including phenoxy) is 1. The van der Waals surface area contributed by atoms with E-state index in [-0.39, 0.29) is 26.7 Å². The second-order valence-electron chi connectivity index (χ2n) is 5.23. The Morgan fingerprint density at radius 1 is 1.31 bits per heavy atom. The van der Waals surface area contributed by atoms with Crippen molar-refractivity contribution in [1.82, 2.24) is 0 Å². The van der Waals surface area contributed by atoms with Gasteiger partial charge in [-0.15, -0.1) is 0 Å². The van der Waals surface area contributed by atoms with Crippen molar-refractivity contribution < 1.29 is 19.4 Å². The number of carbonyl (C=O) groups excluding carboxylic acids is 2. The third kappa shape index (κ3) is 3.47. The maximum Gasteiger partial charge on any atom is 0.298 e. The van der Waals surface area contributed by atoms with Gasteiger partial charge in [0, 0.05) is 4.47 Å². The summed E-state index contributed by atoms with van der Waals surface area (Å²) in [6.07, 6.45) is 1.55. The Bertz CT molecular complexity index is 917. The van der Waals surface area contributed by atoms with Gasteiger partial charge >= 0.3 is 0 Å². The van der Waals surface area contributed by atoms with Gasteiger partial charge in [-0.05, 0) is 64.5 Å². The number of carbonyl (C=O) groups is 2. The van der Waals surface area contributed by atoms with E-state index >= 15 is 0 Å². The van der Waals surface area contributed by atoms with E-state index in [2.05, 4.69) is 15.9 Å². The van der Waals surface area contributed by atoms with Crippen molar-refractivity contribution in [1.29, 1.82) is 0 Å². The van der Waals surface area contributed by atoms with E-state index in [4.69, 9.17) is 16.3 Å². The Hall–Kier alpha value is -1.96. The first-order valence-electron chi connectivity index (χ1n) is 7.60. The molecule has 5 nitrogen and oxygen atoms in total. The van der Waals surface area contributed by atoms with E-state index < -0.39 is 5.91 Å². The van der Waals surface area contributed by atoms with Gasteiger partial charge in [-0.2, -0.15) is 0 Å². The molecule has 1 aliphatic rings. The number of thioether (sulfide) groups is 1. The highest BCUT2D eigenvalue weighted by atomic mass is 79.9. The third-order valence-corrected chi connectivity index (χ3v) is 5.89. The molecule has 2 aromatic rings. The van der Waals surface area contributed by atoms with Crippen LogP contribution in [0.4, 0.5) is 10.5 Å². The molecule has 1 fully saturated rings. The molecule has 1 heterocycles. The first-order valence-corrected chi connectivity index (χ1v) is 9.59. The maximum absolute atomic E-state index is 12.7. The largest absolute Gasteiger partial charge is 0.503 e. The Kier molecular flexibility index (Phi) is 5.60. The number of phenolic OH excluding ortho intramolecular Hbond substituents is 1. The van der Waals surface area contributed by atoms with Crippen molar-refractivity contribution in [2.75, 3.05) is 11.5 Å². The van der Waals surface area contributed by atoms with Crippen LogP contribution in [-0.2, 0) is 4.79 Å². The third-order valence-electron chi connectivity index (χ3n) is 3.57. The van der Waals surface area contributed by atoms with Gasteiger partial charge < -0.3 is 9.84 Å². The molecule has 0 aromatic heterocycles. The van der Waals surface area contributed by atoms with Crippen LogP contribution in [0.1, 0.15) is 12.5 Å². The molecule has 8 heteroatoms. The predicted octanol–water partition coefficient (Wildman–Crippen LogP) is 5.45. The van der Waals surface area contributed by atoms with E-state index in [0.717, 1.165) is 16.7 Å². The molecule has 2 amide bonds. The van der Waals surface area contributed by atoms with Crippen LogP contribution in [0.3, 0.4) is 0 Å². The Labute approximate surface area is 167 Å². The molecule has 26 heavy (non-hydrogen) atoms. The van der Waals surface area contributed by atoms with Crippen LogP contribution in [0.2, 0.25) is 5.02 Å². The zero-order chi connectivity index (χ0) is 18.8. The molecule has 0 aliphatic carbocycles. The number of para-hydroxylation sites is 1. The van der Waals surface area contributed by atoms with Gasteiger partial charge in [0.15, 0.2) is 11.5 Å². The normalized spacial score (nSPS) is 15.8. The van der Waals surface area contributed by atoms with Crippen molar-refractivity contribution in [2.24, 2.45) is 0 Å². The lowest BCUT2D eigenvalue weighted by molar-refractivity contribution is -0.113. The lowest BCUT2D eigenvalue weighted by Gasteiger charge is -2.12. The summed E-state index contributed by atoms with van der Waals surface area (Å²) in [5.74, 6) is -0.399. The Morgan fingerprint density at radius 3 is 2.65 bits per heavy atom. The minimum atomic E-state index is -0.416. The number of hydrogen-bond donors (Lipinski definition) is 1. The lowest BCUT2D eigenvalue weighted by Crippen LogP contribution is -2.27. The molecular weight excluding hydrogens is 442 g/mol. The summed E-state index contributed by atoms with van der Waals surface area (Å²) in [5, 5.41) is 9.73. The fraction of sp³-hybridized carbons (Fsp3) is 0.111. The average molecular weight is 455 g/mol. The quantitative estimate of drug-likeness (QED) is 0.622. The summed E-state index contributed by atoms with van der Waals surface area (Å²) in [4.78, 5) is 26.3. The number of rotatable bonds is 4. The molecule has 0 spiro atoms. The van der Waals surface area contributed by atoms with Crippen molar-refractivity contribution in [3.8, 4) is 11.5 Å². The average Bonchev–Trinajstić information content (AvgIpc) is 2.91. The fourth-order valence-electron chi connectivity index (χ4n) is 2.39. The number of nitrogens with zero attached hydrogens (tertiary/aromatic N) is 1. The number of phenols is 1. The van der Waals surface area contributed by atoms with Crippen LogP contribution in [-0.4, -0.2) is 22.9 Å². The van der Waals surface area contributed by atoms with Crippen LogP contribution in [0.15, 0.2) is 45.8 Å². The van der Waals surface area contributed by atoms with Crippen LogP contribution < -0.4 is 9.64 Å². The molecule has 0 radical (unpaired) electrons. The highest BCUT2D eigenvalue weighted by Gasteiger charge is 2.36. The summed E-state index contributed by atoms with van der Waals surface area (Å²) >= 11 is 10.3. The fourth-order valence-corrected chi connectivity index (χ4v) is 3.84. The van der Waals surface area contributed by atoms with Crippen molar-refractivity contribution >= 4 is 62.2 Å². The number of hydrogen-bond acceptors (Lipinski definition) is 5. The zero-order valence-corrected chi connectivity index (χ0v) is 16.7. The number of halogens is 2. The molecule has 0 atom stereocenters. The zero-order valence-electron chi connectivity index (χ0n) is 13.5. The van der Waals surface area contributed by atoms with Crippen LogP contribution >= 0.6 is 39.3 Å². The smallest absolute Gasteiger partial charge is 0.298 e. The number of benzene rings is 2. The highest BCUT2D eigenvalue weighted by Crippen LogP contribution is 2.44. The van der Waals surface area contributed by atoms with Gasteiger partial charge in [0.25, 0.3) is 11.1 Å². The molecule has 1 saturated heterocycles. The topological polar surface area (TPSA) is 66.8 Å². The molecule has 1 N–H and O–H groups in total. The molecule has 1 aliphatic heterocycles. The second kappa shape index (κ2) is 7.73. The van der Waals surface area contributed by atoms with Crippen molar-refractivity contribution in [3.05, 3.63) is 56.4 Å². The van der Waals surface area contributed by atoms with Gasteiger partial charge in [0.2, 0.25) is 0 Å². The first-order chi connectivity index (χ1) is 12.4. The summed E-state index contributed by atoms with van der Waals surface area (Å²) in [6, 6.07) is 10.3. The standard InChI is InChI=1S/C18H13BrClNO4S/c1-2-25-12-8-10(14(19)15(20)16(12)22)9-13-17(23)21(18(24)26-13)11-6-4-3-5-7-11/h3-9,22H,2H2,1H3/b13-9+. The summed E-state index contributed by atoms with van der Waals surface area (Å²) in [6.45, 7) is 2.12. The highest BCUT2D eigenvalue weighted by molar-refractivity contribution is 9.10. The van der Waals surface area contributed by atoms with Crippen LogP contribution in [0.25, 0.3) is 6.08 Å². The molecule has 0 bridgehead atoms. The van der Waals surface area contributed by atoms with E-state index in [9.17, 15) is 14.7 Å². The molecule has 3 rings (SSSR count). The van der Waals surface area contributed by atoms with Gasteiger partial charge in [0.05, 0.1) is 17.2 Å². The van der Waals surface area contributed by atoms with Crippen molar-refractivity contribution in [3.63, 3.8) is 0 Å². The molecule has 134 valence electrons. The van der Waals surface area contributed by atoms with E-state index in [1.165, 1.54) is 0 Å². The molecule has 0 unspecified atom stereocenters. The summed E-state index contributed by atoms with van der Waals surface area (Å²) in [7, 11) is 0. The van der Waals surface area contributed by atoms with Gasteiger partial charge in [0.1, 0.15) is 5.02 Å². The number of imide groups is 1. The minimum Gasteiger partial charge on any atom is -0.503 e. The Morgan fingerprint density at radius 2 is 2.00 bits per heavy atom. The van der Waals surface area contributed by atoms with E-state index in [1.807, 2.05) is 6.07 Å². The van der Waals surface area contributed by atoms with Crippen molar-refractivity contribution in [2.45, 2.75) is 6.92 Å². The minimum absolute atomic E-state index is 0.0736. The Balaban J connectivity index is 2.01. The van der Waals surface area contributed by atoms with Gasteiger partial charge in [-0.1, -0.05) is 29.8 Å². The summed E-state index contributed by atoms with van der Waals surface area (Å²) < 4.78 is 5.77. The van der Waals surface area contributed by atoms with Crippen LogP contribution in [0.5, 0.6) is 11.5 Å². The summed E-state index contributed by atoms with van der Waals surface area (Å²) in [5.41, 5.74) is 1.03. The SMILES string of the molecule is CCOc1cc(/C=C2/SC(=O)N(c3ccccc3)C2=O)c(Br)c(Cl)c1O. The molecule has 2 aromatic carbocycles. The van der Waals surface area contributed by atoms with Gasteiger partial charge in [-0.25, -0.2) is 4.90 Å². The maximum atomic E-state index is 12.7. The van der Waals surface area contributed by atoms with E-state index in [0.29, 0.717) is 22.3 Å². The molecular formula is C18H13BrClNO4S. The second-order valence-corrected chi connectivity index (χ2v) is 7.39. The monoisotopic (exact) mass is 453 g/mol. The number of aromatic hydroxyl groups is 1. The van der Waals surface area contributed by atoms with E-state index in [1.54, 1.807) is 43.3 Å². The number of amides is 2.